The lowest BCUT2D eigenvalue weighted by Crippen LogP contribution is -2.29. The molecule has 0 spiro atoms. The average molecular weight is 407 g/mol. The molecule has 1 N–H and O–H groups in total. The number of ether oxygens (including phenoxy) is 3. The highest BCUT2D eigenvalue weighted by Crippen LogP contribution is 2.32. The van der Waals surface area contributed by atoms with Crippen molar-refractivity contribution in [3.63, 3.8) is 0 Å². The normalized spacial score (nSPS) is 12.3. The summed E-state index contributed by atoms with van der Waals surface area (Å²) >= 11 is 0. The van der Waals surface area contributed by atoms with Crippen LogP contribution in [0.2, 0.25) is 0 Å². The number of benzene rings is 2. The van der Waals surface area contributed by atoms with Gasteiger partial charge in [0.25, 0.3) is 5.56 Å². The molecule has 0 bridgehead atoms. The molecule has 8 heteroatoms. The third-order valence-corrected chi connectivity index (χ3v) is 4.61. The molecule has 1 aliphatic heterocycles. The maximum absolute atomic E-state index is 12.7. The topological polar surface area (TPSA) is 91.7 Å². The van der Waals surface area contributed by atoms with E-state index in [9.17, 15) is 9.59 Å². The number of rotatable bonds is 5. The summed E-state index contributed by atoms with van der Waals surface area (Å²) in [5.41, 5.74) is 1.55. The van der Waals surface area contributed by atoms with Gasteiger partial charge in [-0.3, -0.25) is 14.2 Å². The molecule has 1 aromatic heterocycles. The first-order chi connectivity index (χ1) is 14.5. The van der Waals surface area contributed by atoms with Crippen molar-refractivity contribution >= 4 is 11.6 Å². The molecule has 30 heavy (non-hydrogen) atoms. The standard InChI is InChI=1S/C22H21N3O5/c1-14-11-21(27)25(22(23-14)15-3-6-17(28-2)7-4-15)13-20(26)24-16-5-8-18-19(12-16)30-10-9-29-18/h3-8,11-12H,9-10,13H2,1-2H3,(H,24,26). The van der Waals surface area contributed by atoms with Crippen LogP contribution in [0.5, 0.6) is 17.2 Å². The summed E-state index contributed by atoms with van der Waals surface area (Å²) in [5.74, 6) is 1.97. The molecule has 2 aromatic carbocycles. The van der Waals surface area contributed by atoms with Gasteiger partial charge >= 0.3 is 0 Å². The molecule has 154 valence electrons. The van der Waals surface area contributed by atoms with Crippen molar-refractivity contribution in [3.8, 4) is 28.6 Å². The van der Waals surface area contributed by atoms with Crippen LogP contribution >= 0.6 is 0 Å². The molecule has 0 saturated heterocycles. The fraction of sp³-hybridized carbons (Fsp3) is 0.227. The summed E-state index contributed by atoms with van der Waals surface area (Å²) in [5, 5.41) is 2.80. The number of methoxy groups -OCH3 is 1. The summed E-state index contributed by atoms with van der Waals surface area (Å²) in [7, 11) is 1.58. The molecule has 0 fully saturated rings. The summed E-state index contributed by atoms with van der Waals surface area (Å²) in [4.78, 5) is 29.8. The number of nitrogens with zero attached hydrogens (tertiary/aromatic N) is 2. The zero-order valence-electron chi connectivity index (χ0n) is 16.7. The SMILES string of the molecule is COc1ccc(-c2nc(C)cc(=O)n2CC(=O)Nc2ccc3c(c2)OCCO3)cc1. The van der Waals surface area contributed by atoms with Gasteiger partial charge in [-0.1, -0.05) is 0 Å². The van der Waals surface area contributed by atoms with Gasteiger partial charge in [0, 0.05) is 29.1 Å². The van der Waals surface area contributed by atoms with Crippen LogP contribution in [0.15, 0.2) is 53.3 Å². The van der Waals surface area contributed by atoms with Crippen LogP contribution in [-0.4, -0.2) is 35.8 Å². The largest absolute Gasteiger partial charge is 0.497 e. The molecule has 0 unspecified atom stereocenters. The molecule has 0 aliphatic carbocycles. The highest BCUT2D eigenvalue weighted by atomic mass is 16.6. The third-order valence-electron chi connectivity index (χ3n) is 4.61. The second-order valence-electron chi connectivity index (χ2n) is 6.78. The minimum absolute atomic E-state index is 0.179. The average Bonchev–Trinajstić information content (AvgIpc) is 2.75. The Morgan fingerprint density at radius 1 is 1.10 bits per heavy atom. The van der Waals surface area contributed by atoms with E-state index in [4.69, 9.17) is 14.2 Å². The number of amides is 1. The van der Waals surface area contributed by atoms with E-state index in [1.807, 2.05) is 0 Å². The molecule has 3 aromatic rings. The first kappa shape index (κ1) is 19.5. The Kier molecular flexibility index (Phi) is 5.38. The number of carbonyl (C=O) groups is 1. The minimum atomic E-state index is -0.353. The smallest absolute Gasteiger partial charge is 0.254 e. The molecule has 0 saturated carbocycles. The van der Waals surface area contributed by atoms with E-state index < -0.39 is 0 Å². The molecule has 0 radical (unpaired) electrons. The van der Waals surface area contributed by atoms with Gasteiger partial charge in [0.05, 0.1) is 7.11 Å². The number of aryl methyl sites for hydroxylation is 1. The van der Waals surface area contributed by atoms with Crippen LogP contribution in [0.1, 0.15) is 5.69 Å². The minimum Gasteiger partial charge on any atom is -0.497 e. The summed E-state index contributed by atoms with van der Waals surface area (Å²) in [6, 6.07) is 13.7. The number of hydrogen-bond acceptors (Lipinski definition) is 6. The molecular formula is C22H21N3O5. The fourth-order valence-electron chi connectivity index (χ4n) is 3.20. The number of anilines is 1. The first-order valence-corrected chi connectivity index (χ1v) is 9.46. The van der Waals surface area contributed by atoms with Gasteiger partial charge in [-0.15, -0.1) is 0 Å². The van der Waals surface area contributed by atoms with Crippen LogP contribution < -0.4 is 25.1 Å². The lowest BCUT2D eigenvalue weighted by molar-refractivity contribution is -0.116. The van der Waals surface area contributed by atoms with Crippen LogP contribution in [-0.2, 0) is 11.3 Å². The highest BCUT2D eigenvalue weighted by Gasteiger charge is 2.16. The van der Waals surface area contributed by atoms with E-state index in [1.54, 1.807) is 56.5 Å². The molecule has 1 amide bonds. The molecule has 2 heterocycles. The van der Waals surface area contributed by atoms with E-state index in [1.165, 1.54) is 10.6 Å². The lowest BCUT2D eigenvalue weighted by Gasteiger charge is -2.19. The highest BCUT2D eigenvalue weighted by molar-refractivity contribution is 5.91. The van der Waals surface area contributed by atoms with Crippen LogP contribution in [0.3, 0.4) is 0 Å². The maximum atomic E-state index is 12.7. The van der Waals surface area contributed by atoms with E-state index in [0.29, 0.717) is 53.2 Å². The Hall–Kier alpha value is -3.81. The molecular weight excluding hydrogens is 386 g/mol. The van der Waals surface area contributed by atoms with Crippen molar-refractivity contribution in [2.45, 2.75) is 13.5 Å². The van der Waals surface area contributed by atoms with E-state index in [2.05, 4.69) is 10.3 Å². The monoisotopic (exact) mass is 407 g/mol. The zero-order chi connectivity index (χ0) is 21.1. The van der Waals surface area contributed by atoms with Gasteiger partial charge in [0.1, 0.15) is 31.3 Å². The second kappa shape index (κ2) is 8.28. The van der Waals surface area contributed by atoms with Crippen molar-refractivity contribution in [2.75, 3.05) is 25.6 Å². The number of carbonyl (C=O) groups excluding carboxylic acids is 1. The molecule has 8 nitrogen and oxygen atoms in total. The van der Waals surface area contributed by atoms with Crippen molar-refractivity contribution in [1.82, 2.24) is 9.55 Å². The van der Waals surface area contributed by atoms with Gasteiger partial charge in [-0.2, -0.15) is 0 Å². The van der Waals surface area contributed by atoms with E-state index >= 15 is 0 Å². The first-order valence-electron chi connectivity index (χ1n) is 9.46. The summed E-state index contributed by atoms with van der Waals surface area (Å²) in [6.45, 7) is 2.52. The Morgan fingerprint density at radius 3 is 2.57 bits per heavy atom. The Bertz CT molecular complexity index is 1140. The van der Waals surface area contributed by atoms with Gasteiger partial charge in [-0.25, -0.2) is 4.98 Å². The fourth-order valence-corrected chi connectivity index (χ4v) is 3.20. The van der Waals surface area contributed by atoms with E-state index in [-0.39, 0.29) is 18.0 Å². The van der Waals surface area contributed by atoms with Crippen molar-refractivity contribution in [2.24, 2.45) is 0 Å². The number of aromatic nitrogens is 2. The third kappa shape index (κ3) is 4.12. The zero-order valence-corrected chi connectivity index (χ0v) is 16.7. The second-order valence-corrected chi connectivity index (χ2v) is 6.78. The van der Waals surface area contributed by atoms with Crippen molar-refractivity contribution < 1.29 is 19.0 Å². The summed E-state index contributed by atoms with van der Waals surface area (Å²) < 4.78 is 17.6. The lowest BCUT2D eigenvalue weighted by atomic mass is 10.2. The number of hydrogen-bond donors (Lipinski definition) is 1. The van der Waals surface area contributed by atoms with Crippen LogP contribution in [0.4, 0.5) is 5.69 Å². The molecule has 1 aliphatic rings. The van der Waals surface area contributed by atoms with Crippen molar-refractivity contribution in [3.05, 3.63) is 64.6 Å². The van der Waals surface area contributed by atoms with Crippen LogP contribution in [0.25, 0.3) is 11.4 Å². The van der Waals surface area contributed by atoms with Crippen LogP contribution in [0, 0.1) is 6.92 Å². The Morgan fingerprint density at radius 2 is 1.83 bits per heavy atom. The predicted molar refractivity (Wildman–Crippen MR) is 111 cm³/mol. The van der Waals surface area contributed by atoms with Gasteiger partial charge in [0.15, 0.2) is 11.5 Å². The van der Waals surface area contributed by atoms with Gasteiger partial charge < -0.3 is 19.5 Å². The summed E-state index contributed by atoms with van der Waals surface area (Å²) in [6.07, 6.45) is 0. The van der Waals surface area contributed by atoms with E-state index in [0.717, 1.165) is 0 Å². The van der Waals surface area contributed by atoms with Gasteiger partial charge in [-0.05, 0) is 43.3 Å². The number of fused-ring (bicyclic) bond motifs is 1. The predicted octanol–water partition coefficient (Wildman–Crippen LogP) is 2.64. The van der Waals surface area contributed by atoms with Gasteiger partial charge in [0.2, 0.25) is 5.91 Å². The number of nitrogens with one attached hydrogen (secondary N) is 1. The molecule has 0 atom stereocenters. The quantitative estimate of drug-likeness (QED) is 0.699. The Balaban J connectivity index is 1.59. The Labute approximate surface area is 173 Å². The molecule has 4 rings (SSSR count). The van der Waals surface area contributed by atoms with Crippen molar-refractivity contribution in [1.29, 1.82) is 0 Å². The maximum Gasteiger partial charge on any atom is 0.254 e.